The molecule has 0 saturated heterocycles. The number of carbonyl (C=O) groups is 2. The Kier molecular flexibility index (Phi) is 3.34. The van der Waals surface area contributed by atoms with Gasteiger partial charge < -0.3 is 4.74 Å². The first-order valence-electron chi connectivity index (χ1n) is 4.33. The van der Waals surface area contributed by atoms with Crippen molar-refractivity contribution in [3.05, 3.63) is 33.4 Å². The van der Waals surface area contributed by atoms with Crippen LogP contribution in [0.4, 0.5) is 5.69 Å². The molecule has 0 aromatic heterocycles. The molecule has 0 unspecified atom stereocenters. The average molecular weight is 223 g/mol. The summed E-state index contributed by atoms with van der Waals surface area (Å²) >= 11 is 0. The predicted octanol–water partition coefficient (Wildman–Crippen LogP) is 1.62. The van der Waals surface area contributed by atoms with E-state index in [-0.39, 0.29) is 16.9 Å². The maximum atomic E-state index is 11.2. The number of benzene rings is 1. The molecule has 0 saturated carbocycles. The lowest BCUT2D eigenvalue weighted by Gasteiger charge is -2.05. The molecule has 0 aliphatic heterocycles. The minimum absolute atomic E-state index is 0.133. The second-order valence-electron chi connectivity index (χ2n) is 3.04. The van der Waals surface area contributed by atoms with Gasteiger partial charge in [0.1, 0.15) is 5.75 Å². The van der Waals surface area contributed by atoms with Crippen LogP contribution in [0.1, 0.15) is 27.6 Å². The summed E-state index contributed by atoms with van der Waals surface area (Å²) in [4.78, 5) is 31.9. The van der Waals surface area contributed by atoms with Crippen LogP contribution in [0.15, 0.2) is 12.1 Å². The van der Waals surface area contributed by atoms with Crippen LogP contribution in [0, 0.1) is 10.1 Å². The van der Waals surface area contributed by atoms with E-state index in [1.165, 1.54) is 26.2 Å². The van der Waals surface area contributed by atoms with Crippen molar-refractivity contribution >= 4 is 17.8 Å². The second kappa shape index (κ2) is 4.52. The number of nitro benzene ring substituents is 1. The molecule has 0 bridgehead atoms. The van der Waals surface area contributed by atoms with Gasteiger partial charge in [-0.25, -0.2) is 0 Å². The number of nitrogens with zero attached hydrogens (tertiary/aromatic N) is 1. The fraction of sp³-hybridized carbons (Fsp3) is 0.200. The van der Waals surface area contributed by atoms with Crippen molar-refractivity contribution in [1.82, 2.24) is 0 Å². The first-order valence-corrected chi connectivity index (χ1v) is 4.33. The van der Waals surface area contributed by atoms with E-state index in [4.69, 9.17) is 4.74 Å². The Morgan fingerprint density at radius 2 is 2.12 bits per heavy atom. The number of nitro groups is 1. The molecule has 16 heavy (non-hydrogen) atoms. The highest BCUT2D eigenvalue weighted by Crippen LogP contribution is 2.28. The lowest BCUT2D eigenvalue weighted by atomic mass is 10.0. The van der Waals surface area contributed by atoms with E-state index in [0.29, 0.717) is 6.29 Å². The van der Waals surface area contributed by atoms with Crippen LogP contribution in [0.3, 0.4) is 0 Å². The SMILES string of the molecule is COc1cc(C=O)c([N+](=O)[O-])c(C(C)=O)c1. The number of hydrogen-bond donors (Lipinski definition) is 0. The van der Waals surface area contributed by atoms with Crippen LogP contribution in [-0.4, -0.2) is 24.1 Å². The number of methoxy groups -OCH3 is 1. The molecule has 0 amide bonds. The largest absolute Gasteiger partial charge is 0.497 e. The Balaban J connectivity index is 3.60. The molecule has 0 radical (unpaired) electrons. The third-order valence-corrected chi connectivity index (χ3v) is 2.04. The Bertz CT molecular complexity index is 467. The smallest absolute Gasteiger partial charge is 0.290 e. The van der Waals surface area contributed by atoms with E-state index in [0.717, 1.165) is 0 Å². The van der Waals surface area contributed by atoms with Gasteiger partial charge in [0.15, 0.2) is 12.1 Å². The molecule has 84 valence electrons. The van der Waals surface area contributed by atoms with Crippen LogP contribution in [0.25, 0.3) is 0 Å². The fourth-order valence-electron chi connectivity index (χ4n) is 1.31. The van der Waals surface area contributed by atoms with Gasteiger partial charge in [-0.1, -0.05) is 0 Å². The molecule has 6 heteroatoms. The summed E-state index contributed by atoms with van der Waals surface area (Å²) < 4.78 is 4.85. The van der Waals surface area contributed by atoms with E-state index >= 15 is 0 Å². The van der Waals surface area contributed by atoms with E-state index in [1.807, 2.05) is 0 Å². The van der Waals surface area contributed by atoms with Gasteiger partial charge in [-0.15, -0.1) is 0 Å². The molecule has 0 N–H and O–H groups in total. The monoisotopic (exact) mass is 223 g/mol. The molecule has 0 atom stereocenters. The van der Waals surface area contributed by atoms with Gasteiger partial charge in [0, 0.05) is 0 Å². The lowest BCUT2D eigenvalue weighted by Crippen LogP contribution is -2.04. The molecule has 0 aliphatic rings. The topological polar surface area (TPSA) is 86.5 Å². The lowest BCUT2D eigenvalue weighted by molar-refractivity contribution is -0.385. The Labute approximate surface area is 91.0 Å². The molecule has 6 nitrogen and oxygen atoms in total. The summed E-state index contributed by atoms with van der Waals surface area (Å²) in [5.41, 5.74) is -0.788. The maximum absolute atomic E-state index is 11.2. The zero-order chi connectivity index (χ0) is 12.3. The van der Waals surface area contributed by atoms with Crippen molar-refractivity contribution in [3.8, 4) is 5.75 Å². The number of carbonyl (C=O) groups excluding carboxylic acids is 2. The summed E-state index contributed by atoms with van der Waals surface area (Å²) in [6, 6.07) is 2.46. The summed E-state index contributed by atoms with van der Waals surface area (Å²) in [5, 5.41) is 10.8. The summed E-state index contributed by atoms with van der Waals surface area (Å²) in [6.07, 6.45) is 0.326. The van der Waals surface area contributed by atoms with Crippen molar-refractivity contribution in [3.63, 3.8) is 0 Å². The number of hydrogen-bond acceptors (Lipinski definition) is 5. The van der Waals surface area contributed by atoms with Gasteiger partial charge in [-0.2, -0.15) is 0 Å². The van der Waals surface area contributed by atoms with Gasteiger partial charge in [0.25, 0.3) is 5.69 Å². The Morgan fingerprint density at radius 1 is 1.50 bits per heavy atom. The highest BCUT2D eigenvalue weighted by atomic mass is 16.6. The van der Waals surface area contributed by atoms with Gasteiger partial charge in [0.05, 0.1) is 23.2 Å². The second-order valence-corrected chi connectivity index (χ2v) is 3.04. The van der Waals surface area contributed by atoms with E-state index in [1.54, 1.807) is 0 Å². The Morgan fingerprint density at radius 3 is 2.50 bits per heavy atom. The van der Waals surface area contributed by atoms with E-state index < -0.39 is 16.4 Å². The molecule has 0 fully saturated rings. The minimum atomic E-state index is -0.750. The van der Waals surface area contributed by atoms with Crippen LogP contribution < -0.4 is 4.74 Å². The van der Waals surface area contributed by atoms with E-state index in [9.17, 15) is 19.7 Å². The van der Waals surface area contributed by atoms with Gasteiger partial charge in [-0.05, 0) is 19.1 Å². The molecule has 0 heterocycles. The molecular formula is C10H9NO5. The highest BCUT2D eigenvalue weighted by Gasteiger charge is 2.23. The highest BCUT2D eigenvalue weighted by molar-refractivity contribution is 6.02. The number of ether oxygens (including phenoxy) is 1. The normalized spacial score (nSPS) is 9.62. The summed E-state index contributed by atoms with van der Waals surface area (Å²) in [5.74, 6) is -0.258. The maximum Gasteiger partial charge on any atom is 0.290 e. The quantitative estimate of drug-likeness (QED) is 0.335. The third kappa shape index (κ3) is 2.05. The molecule has 0 spiro atoms. The van der Waals surface area contributed by atoms with E-state index in [2.05, 4.69) is 0 Å². The van der Waals surface area contributed by atoms with Crippen molar-refractivity contribution in [2.45, 2.75) is 6.92 Å². The standard InChI is InChI=1S/C10H9NO5/c1-6(13)9-4-8(16-2)3-7(5-12)10(9)11(14)15/h3-5H,1-2H3. The number of Topliss-reactive ketones (excluding diaryl/α,β-unsaturated/α-hetero) is 1. The number of aldehydes is 1. The molecule has 1 aromatic rings. The molecule has 1 aromatic carbocycles. The fourth-order valence-corrected chi connectivity index (χ4v) is 1.31. The van der Waals surface area contributed by atoms with Crippen molar-refractivity contribution < 1.29 is 19.2 Å². The van der Waals surface area contributed by atoms with Crippen LogP contribution in [0.2, 0.25) is 0 Å². The first kappa shape index (κ1) is 11.8. The van der Waals surface area contributed by atoms with Crippen molar-refractivity contribution in [2.24, 2.45) is 0 Å². The number of ketones is 1. The Hall–Kier alpha value is -2.24. The zero-order valence-electron chi connectivity index (χ0n) is 8.72. The van der Waals surface area contributed by atoms with Crippen LogP contribution in [-0.2, 0) is 0 Å². The van der Waals surface area contributed by atoms with Crippen LogP contribution >= 0.6 is 0 Å². The summed E-state index contributed by atoms with van der Waals surface area (Å²) in [6.45, 7) is 1.19. The minimum Gasteiger partial charge on any atom is -0.497 e. The van der Waals surface area contributed by atoms with Crippen molar-refractivity contribution in [1.29, 1.82) is 0 Å². The van der Waals surface area contributed by atoms with Gasteiger partial charge >= 0.3 is 0 Å². The summed E-state index contributed by atoms with van der Waals surface area (Å²) in [7, 11) is 1.35. The van der Waals surface area contributed by atoms with Gasteiger partial charge in [0.2, 0.25) is 0 Å². The van der Waals surface area contributed by atoms with Crippen molar-refractivity contribution in [2.75, 3.05) is 7.11 Å². The first-order chi connectivity index (χ1) is 7.51. The third-order valence-electron chi connectivity index (χ3n) is 2.04. The molecule has 0 aliphatic carbocycles. The van der Waals surface area contributed by atoms with Crippen LogP contribution in [0.5, 0.6) is 5.75 Å². The molecular weight excluding hydrogens is 214 g/mol. The predicted molar refractivity (Wildman–Crippen MR) is 55.0 cm³/mol. The molecule has 1 rings (SSSR count). The van der Waals surface area contributed by atoms with Gasteiger partial charge in [-0.3, -0.25) is 19.7 Å². The zero-order valence-corrected chi connectivity index (χ0v) is 8.72. The number of rotatable bonds is 4. The average Bonchev–Trinajstić information content (AvgIpc) is 2.26.